The van der Waals surface area contributed by atoms with E-state index in [2.05, 4.69) is 24.3 Å². The van der Waals surface area contributed by atoms with Crippen molar-refractivity contribution in [2.75, 3.05) is 0 Å². The van der Waals surface area contributed by atoms with Crippen molar-refractivity contribution < 1.29 is 5.21 Å². The van der Waals surface area contributed by atoms with E-state index >= 15 is 0 Å². The lowest BCUT2D eigenvalue weighted by Crippen LogP contribution is -2.48. The van der Waals surface area contributed by atoms with Crippen molar-refractivity contribution in [1.29, 1.82) is 0 Å². The molecule has 2 unspecified atom stereocenters. The van der Waals surface area contributed by atoms with Crippen LogP contribution in [0.5, 0.6) is 0 Å². The molecule has 0 saturated heterocycles. The Balaban J connectivity index is 2.52. The molecular formula is C12H25N3O. The van der Waals surface area contributed by atoms with Crippen LogP contribution in [0, 0.1) is 5.41 Å². The molecule has 4 N–H and O–H groups in total. The number of amidine groups is 1. The lowest BCUT2D eigenvalue weighted by atomic mass is 9.75. The smallest absolute Gasteiger partial charge is 0.156 e. The molecule has 4 nitrogen and oxygen atoms in total. The molecular weight excluding hydrogens is 202 g/mol. The minimum absolute atomic E-state index is 0.00361. The number of hydrogen-bond acceptors (Lipinski definition) is 3. The molecule has 0 bridgehead atoms. The number of rotatable bonds is 4. The van der Waals surface area contributed by atoms with Crippen molar-refractivity contribution in [3.05, 3.63) is 0 Å². The fourth-order valence-electron chi connectivity index (χ4n) is 2.61. The fourth-order valence-corrected chi connectivity index (χ4v) is 2.61. The van der Waals surface area contributed by atoms with Crippen LogP contribution in [0.1, 0.15) is 52.9 Å². The standard InChI is InChI=1S/C12H25N3O/c1-4-10(11(13)15-16)14-9-6-5-7-12(2,3)8-9/h9-10,14,16H,4-8H2,1-3H3,(H2,13,15). The molecule has 1 aliphatic carbocycles. The quantitative estimate of drug-likeness (QED) is 0.298. The second kappa shape index (κ2) is 5.53. The van der Waals surface area contributed by atoms with E-state index in [0.29, 0.717) is 17.3 Å². The maximum Gasteiger partial charge on any atom is 0.156 e. The van der Waals surface area contributed by atoms with Gasteiger partial charge in [-0.3, -0.25) is 0 Å². The Morgan fingerprint density at radius 2 is 2.31 bits per heavy atom. The Kier molecular flexibility index (Phi) is 4.59. The van der Waals surface area contributed by atoms with Crippen molar-refractivity contribution in [2.24, 2.45) is 16.3 Å². The normalized spacial score (nSPS) is 27.7. The predicted molar refractivity (Wildman–Crippen MR) is 66.7 cm³/mol. The van der Waals surface area contributed by atoms with Gasteiger partial charge in [-0.05, 0) is 31.1 Å². The van der Waals surface area contributed by atoms with Crippen molar-refractivity contribution in [1.82, 2.24) is 5.32 Å². The molecule has 2 atom stereocenters. The summed E-state index contributed by atoms with van der Waals surface area (Å²) in [6, 6.07) is 0.498. The van der Waals surface area contributed by atoms with Gasteiger partial charge in [-0.1, -0.05) is 32.3 Å². The molecule has 0 heterocycles. The molecule has 4 heteroatoms. The van der Waals surface area contributed by atoms with E-state index < -0.39 is 0 Å². The molecule has 0 radical (unpaired) electrons. The highest BCUT2D eigenvalue weighted by atomic mass is 16.4. The highest BCUT2D eigenvalue weighted by Gasteiger charge is 2.29. The van der Waals surface area contributed by atoms with Crippen molar-refractivity contribution in [3.63, 3.8) is 0 Å². The highest BCUT2D eigenvalue weighted by Crippen LogP contribution is 2.35. The van der Waals surface area contributed by atoms with Gasteiger partial charge in [0.25, 0.3) is 0 Å². The first-order valence-corrected chi connectivity index (χ1v) is 6.22. The first kappa shape index (κ1) is 13.3. The Morgan fingerprint density at radius 1 is 1.62 bits per heavy atom. The van der Waals surface area contributed by atoms with Crippen LogP contribution in [0.15, 0.2) is 5.16 Å². The van der Waals surface area contributed by atoms with Crippen LogP contribution in [0.3, 0.4) is 0 Å². The third kappa shape index (κ3) is 3.67. The first-order chi connectivity index (χ1) is 7.48. The SMILES string of the molecule is CCC(NC1CCCC(C)(C)C1)C(N)=NO. The number of nitrogens with zero attached hydrogens (tertiary/aromatic N) is 1. The van der Waals surface area contributed by atoms with Gasteiger partial charge in [0.1, 0.15) is 0 Å². The summed E-state index contributed by atoms with van der Waals surface area (Å²) in [5, 5.41) is 15.3. The van der Waals surface area contributed by atoms with Gasteiger partial charge in [0.2, 0.25) is 0 Å². The third-order valence-electron chi connectivity index (χ3n) is 3.52. The second-order valence-electron chi connectivity index (χ2n) is 5.61. The van der Waals surface area contributed by atoms with Crippen molar-refractivity contribution in [2.45, 2.75) is 65.0 Å². The predicted octanol–water partition coefficient (Wildman–Crippen LogP) is 2.07. The van der Waals surface area contributed by atoms with Gasteiger partial charge in [0.15, 0.2) is 5.84 Å². The number of hydrogen-bond donors (Lipinski definition) is 3. The van der Waals surface area contributed by atoms with Gasteiger partial charge in [0.05, 0.1) is 6.04 Å². The Hall–Kier alpha value is -0.770. The molecule has 0 aromatic rings. The Bertz CT molecular complexity index is 251. The molecule has 94 valence electrons. The van der Waals surface area contributed by atoms with E-state index in [1.165, 1.54) is 25.7 Å². The second-order valence-corrected chi connectivity index (χ2v) is 5.61. The maximum absolute atomic E-state index is 8.69. The molecule has 1 rings (SSSR count). The van der Waals surface area contributed by atoms with E-state index in [1.807, 2.05) is 6.92 Å². The number of oxime groups is 1. The van der Waals surface area contributed by atoms with Crippen LogP contribution in [0.4, 0.5) is 0 Å². The molecule has 1 fully saturated rings. The zero-order valence-electron chi connectivity index (χ0n) is 10.7. The van der Waals surface area contributed by atoms with Crippen LogP contribution in [0.25, 0.3) is 0 Å². The van der Waals surface area contributed by atoms with Crippen LogP contribution < -0.4 is 11.1 Å². The van der Waals surface area contributed by atoms with E-state index in [-0.39, 0.29) is 6.04 Å². The van der Waals surface area contributed by atoms with E-state index in [1.54, 1.807) is 0 Å². The Morgan fingerprint density at radius 3 is 2.81 bits per heavy atom. The largest absolute Gasteiger partial charge is 0.409 e. The van der Waals surface area contributed by atoms with Crippen LogP contribution in [-0.4, -0.2) is 23.1 Å². The molecule has 1 aliphatic rings. The molecule has 0 amide bonds. The van der Waals surface area contributed by atoms with Crippen LogP contribution in [0.2, 0.25) is 0 Å². The molecule has 0 aliphatic heterocycles. The fraction of sp³-hybridized carbons (Fsp3) is 0.917. The average Bonchev–Trinajstić information content (AvgIpc) is 2.23. The topological polar surface area (TPSA) is 70.6 Å². The Labute approximate surface area is 98.3 Å². The van der Waals surface area contributed by atoms with Gasteiger partial charge in [-0.15, -0.1) is 0 Å². The lowest BCUT2D eigenvalue weighted by molar-refractivity contribution is 0.194. The van der Waals surface area contributed by atoms with E-state index in [4.69, 9.17) is 10.9 Å². The van der Waals surface area contributed by atoms with Gasteiger partial charge < -0.3 is 16.3 Å². The lowest BCUT2D eigenvalue weighted by Gasteiger charge is -2.37. The summed E-state index contributed by atoms with van der Waals surface area (Å²) < 4.78 is 0. The van der Waals surface area contributed by atoms with E-state index in [0.717, 1.165) is 6.42 Å². The van der Waals surface area contributed by atoms with Crippen LogP contribution >= 0.6 is 0 Å². The van der Waals surface area contributed by atoms with Gasteiger partial charge >= 0.3 is 0 Å². The summed E-state index contributed by atoms with van der Waals surface area (Å²) in [6.45, 7) is 6.67. The highest BCUT2D eigenvalue weighted by molar-refractivity contribution is 5.85. The molecule has 0 spiro atoms. The molecule has 1 saturated carbocycles. The van der Waals surface area contributed by atoms with Gasteiger partial charge in [0, 0.05) is 6.04 Å². The number of nitrogens with one attached hydrogen (secondary N) is 1. The van der Waals surface area contributed by atoms with Gasteiger partial charge in [-0.2, -0.15) is 0 Å². The number of nitrogens with two attached hydrogens (primary N) is 1. The molecule has 0 aromatic carbocycles. The van der Waals surface area contributed by atoms with Crippen LogP contribution in [-0.2, 0) is 0 Å². The first-order valence-electron chi connectivity index (χ1n) is 6.22. The zero-order chi connectivity index (χ0) is 12.2. The average molecular weight is 227 g/mol. The minimum Gasteiger partial charge on any atom is -0.409 e. The summed E-state index contributed by atoms with van der Waals surface area (Å²) in [5.74, 6) is 0.297. The van der Waals surface area contributed by atoms with Gasteiger partial charge in [-0.25, -0.2) is 0 Å². The maximum atomic E-state index is 8.69. The third-order valence-corrected chi connectivity index (χ3v) is 3.52. The minimum atomic E-state index is 0.00361. The van der Waals surface area contributed by atoms with Crippen molar-refractivity contribution >= 4 is 5.84 Å². The summed E-state index contributed by atoms with van der Waals surface area (Å²) >= 11 is 0. The molecule has 0 aromatic heterocycles. The monoisotopic (exact) mass is 227 g/mol. The summed E-state index contributed by atoms with van der Waals surface area (Å²) in [5.41, 5.74) is 6.07. The van der Waals surface area contributed by atoms with E-state index in [9.17, 15) is 0 Å². The summed E-state index contributed by atoms with van der Waals surface area (Å²) in [7, 11) is 0. The summed E-state index contributed by atoms with van der Waals surface area (Å²) in [4.78, 5) is 0. The molecule has 16 heavy (non-hydrogen) atoms. The van der Waals surface area contributed by atoms with Crippen molar-refractivity contribution in [3.8, 4) is 0 Å². The zero-order valence-corrected chi connectivity index (χ0v) is 10.7. The summed E-state index contributed by atoms with van der Waals surface area (Å²) in [6.07, 6.45) is 5.77.